The fraction of sp³-hybridized carbons (Fsp3) is 0.300. The quantitative estimate of drug-likeness (QED) is 0.610. The van der Waals surface area contributed by atoms with Gasteiger partial charge in [-0.15, -0.1) is 0 Å². The molecular formula is C20H22ClN3S2. The monoisotopic (exact) mass is 403 g/mol. The molecule has 1 aliphatic rings. The van der Waals surface area contributed by atoms with Crippen LogP contribution in [0, 0.1) is 0 Å². The van der Waals surface area contributed by atoms with Crippen molar-refractivity contribution in [2.45, 2.75) is 31.9 Å². The normalized spacial score (nSPS) is 18.6. The van der Waals surface area contributed by atoms with Gasteiger partial charge in [0.25, 0.3) is 0 Å². The van der Waals surface area contributed by atoms with Crippen molar-refractivity contribution in [3.8, 4) is 0 Å². The molecule has 1 N–H and O–H groups in total. The number of thioether (sulfide) groups is 1. The zero-order valence-corrected chi connectivity index (χ0v) is 17.5. The van der Waals surface area contributed by atoms with E-state index < -0.39 is 0 Å². The Morgan fingerprint density at radius 1 is 1.27 bits per heavy atom. The van der Waals surface area contributed by atoms with Crippen LogP contribution in [0.1, 0.15) is 32.3 Å². The Morgan fingerprint density at radius 3 is 2.65 bits per heavy atom. The molecule has 26 heavy (non-hydrogen) atoms. The van der Waals surface area contributed by atoms with Gasteiger partial charge in [0.15, 0.2) is 10.3 Å². The van der Waals surface area contributed by atoms with Gasteiger partial charge in [0, 0.05) is 22.5 Å². The summed E-state index contributed by atoms with van der Waals surface area (Å²) in [5.41, 5.74) is 3.14. The third kappa shape index (κ3) is 4.78. The lowest BCUT2D eigenvalue weighted by Crippen LogP contribution is -2.36. The lowest BCUT2D eigenvalue weighted by Gasteiger charge is -2.20. The molecule has 1 aliphatic heterocycles. The molecule has 3 nitrogen and oxygen atoms in total. The van der Waals surface area contributed by atoms with Crippen molar-refractivity contribution >= 4 is 57.2 Å². The summed E-state index contributed by atoms with van der Waals surface area (Å²) in [6.45, 7) is 7.40. The topological polar surface area (TPSA) is 27.6 Å². The number of nitrogens with one attached hydrogen (secondary N) is 1. The van der Waals surface area contributed by atoms with E-state index in [1.54, 1.807) is 11.8 Å². The zero-order valence-electron chi connectivity index (χ0n) is 15.1. The van der Waals surface area contributed by atoms with Crippen molar-refractivity contribution < 1.29 is 0 Å². The summed E-state index contributed by atoms with van der Waals surface area (Å²) in [4.78, 5) is 6.88. The van der Waals surface area contributed by atoms with Gasteiger partial charge in [-0.25, -0.2) is 4.99 Å². The van der Waals surface area contributed by atoms with E-state index in [2.05, 4.69) is 55.3 Å². The predicted octanol–water partition coefficient (Wildman–Crippen LogP) is 6.29. The number of thiocarbonyl (C=S) groups is 1. The fourth-order valence-electron chi connectivity index (χ4n) is 2.67. The number of anilines is 1. The van der Waals surface area contributed by atoms with Crippen molar-refractivity contribution in [2.24, 2.45) is 4.99 Å². The molecule has 0 amide bonds. The minimum absolute atomic E-state index is 0.433. The maximum absolute atomic E-state index is 6.06. The van der Waals surface area contributed by atoms with E-state index in [0.29, 0.717) is 21.3 Å². The summed E-state index contributed by atoms with van der Waals surface area (Å²) in [7, 11) is 0. The van der Waals surface area contributed by atoms with Gasteiger partial charge < -0.3 is 5.32 Å². The van der Waals surface area contributed by atoms with Crippen LogP contribution in [0.4, 0.5) is 11.4 Å². The summed E-state index contributed by atoms with van der Waals surface area (Å²) >= 11 is 13.4. The minimum atomic E-state index is 0.433. The second kappa shape index (κ2) is 8.42. The largest absolute Gasteiger partial charge is 0.332 e. The summed E-state index contributed by atoms with van der Waals surface area (Å²) < 4.78 is 0. The van der Waals surface area contributed by atoms with E-state index >= 15 is 0 Å². The molecule has 1 saturated heterocycles. The maximum Gasteiger partial charge on any atom is 0.179 e. The maximum atomic E-state index is 6.06. The van der Waals surface area contributed by atoms with Crippen molar-refractivity contribution in [2.75, 3.05) is 11.9 Å². The molecule has 0 bridgehead atoms. The average molecular weight is 404 g/mol. The van der Waals surface area contributed by atoms with Crippen LogP contribution in [0.25, 0.3) is 0 Å². The van der Waals surface area contributed by atoms with E-state index in [1.807, 2.05) is 24.3 Å². The molecule has 2 aromatic carbocycles. The van der Waals surface area contributed by atoms with Crippen LogP contribution >= 0.6 is 35.6 Å². The summed E-state index contributed by atoms with van der Waals surface area (Å²) in [5.74, 6) is 0.517. The number of hydrogen-bond acceptors (Lipinski definition) is 3. The Kier molecular flexibility index (Phi) is 6.22. The van der Waals surface area contributed by atoms with Crippen LogP contribution < -0.4 is 5.32 Å². The highest BCUT2D eigenvalue weighted by atomic mass is 35.5. The Labute approximate surface area is 169 Å². The van der Waals surface area contributed by atoms with Crippen LogP contribution in [-0.4, -0.2) is 27.0 Å². The molecule has 0 saturated carbocycles. The highest BCUT2D eigenvalue weighted by molar-refractivity contribution is 8.14. The molecule has 0 aliphatic carbocycles. The van der Waals surface area contributed by atoms with Gasteiger partial charge in [0.2, 0.25) is 0 Å². The molecule has 0 aromatic heterocycles. The Morgan fingerprint density at radius 2 is 2.00 bits per heavy atom. The highest BCUT2D eigenvalue weighted by Crippen LogP contribution is 2.29. The molecule has 6 heteroatoms. The SMILES string of the molecule is CC1CN(C(=S)Nc2cccc(Cl)c2)C(=Nc2ccc(C(C)C)cc2)S1. The number of halogens is 1. The van der Waals surface area contributed by atoms with Crippen molar-refractivity contribution in [3.05, 3.63) is 59.1 Å². The summed E-state index contributed by atoms with van der Waals surface area (Å²) in [6.07, 6.45) is 0. The summed E-state index contributed by atoms with van der Waals surface area (Å²) in [6, 6.07) is 16.0. The number of benzene rings is 2. The molecule has 1 fully saturated rings. The van der Waals surface area contributed by atoms with Crippen LogP contribution in [0.2, 0.25) is 5.02 Å². The molecule has 3 rings (SSSR count). The van der Waals surface area contributed by atoms with Gasteiger partial charge >= 0.3 is 0 Å². The molecule has 136 valence electrons. The highest BCUT2D eigenvalue weighted by Gasteiger charge is 2.28. The van der Waals surface area contributed by atoms with E-state index in [0.717, 1.165) is 23.1 Å². The number of rotatable bonds is 3. The van der Waals surface area contributed by atoms with Gasteiger partial charge in [-0.05, 0) is 54.0 Å². The molecular weight excluding hydrogens is 382 g/mol. The van der Waals surface area contributed by atoms with E-state index in [1.165, 1.54) is 5.56 Å². The molecule has 1 unspecified atom stereocenters. The summed E-state index contributed by atoms with van der Waals surface area (Å²) in [5, 5.41) is 5.94. The first-order valence-electron chi connectivity index (χ1n) is 8.62. The minimum Gasteiger partial charge on any atom is -0.332 e. The van der Waals surface area contributed by atoms with Gasteiger partial charge in [-0.3, -0.25) is 4.90 Å². The van der Waals surface area contributed by atoms with Crippen LogP contribution in [0.3, 0.4) is 0 Å². The average Bonchev–Trinajstić information content (AvgIpc) is 2.96. The van der Waals surface area contributed by atoms with E-state index in [4.69, 9.17) is 28.8 Å². The van der Waals surface area contributed by atoms with Crippen molar-refractivity contribution in [1.29, 1.82) is 0 Å². The van der Waals surface area contributed by atoms with Gasteiger partial charge in [0.1, 0.15) is 0 Å². The van der Waals surface area contributed by atoms with E-state index in [9.17, 15) is 0 Å². The third-order valence-corrected chi connectivity index (χ3v) is 5.71. The van der Waals surface area contributed by atoms with Gasteiger partial charge in [0.05, 0.1) is 5.69 Å². The predicted molar refractivity (Wildman–Crippen MR) is 119 cm³/mol. The lowest BCUT2D eigenvalue weighted by atomic mass is 10.0. The van der Waals surface area contributed by atoms with Gasteiger partial charge in [-0.2, -0.15) is 0 Å². The smallest absolute Gasteiger partial charge is 0.179 e. The molecule has 2 aromatic rings. The van der Waals surface area contributed by atoms with Crippen molar-refractivity contribution in [3.63, 3.8) is 0 Å². The number of hydrogen-bond donors (Lipinski definition) is 1. The first-order valence-corrected chi connectivity index (χ1v) is 10.3. The standard InChI is InChI=1S/C20H22ClN3S2/c1-13(2)15-7-9-17(10-8-15)23-20-24(12-14(3)26-20)19(25)22-18-6-4-5-16(21)11-18/h4-11,13-14H,12H2,1-3H3,(H,22,25). The molecule has 1 heterocycles. The number of nitrogens with zero attached hydrogens (tertiary/aromatic N) is 2. The van der Waals surface area contributed by atoms with Gasteiger partial charge in [-0.1, -0.05) is 62.3 Å². The number of aliphatic imine (C=N–C) groups is 1. The molecule has 0 radical (unpaired) electrons. The fourth-order valence-corrected chi connectivity index (χ4v) is 4.24. The van der Waals surface area contributed by atoms with Crippen LogP contribution in [-0.2, 0) is 0 Å². The number of amidine groups is 1. The Hall–Kier alpha value is -1.56. The van der Waals surface area contributed by atoms with Crippen molar-refractivity contribution in [1.82, 2.24) is 4.90 Å². The third-order valence-electron chi connectivity index (χ3n) is 4.08. The zero-order chi connectivity index (χ0) is 18.7. The Balaban J connectivity index is 1.78. The first kappa shape index (κ1) is 19.2. The second-order valence-electron chi connectivity index (χ2n) is 6.62. The Bertz CT molecular complexity index is 818. The lowest BCUT2D eigenvalue weighted by molar-refractivity contribution is 0.641. The second-order valence-corrected chi connectivity index (χ2v) is 8.85. The van der Waals surface area contributed by atoms with Crippen LogP contribution in [0.15, 0.2) is 53.5 Å². The first-order chi connectivity index (χ1) is 12.4. The van der Waals surface area contributed by atoms with E-state index in [-0.39, 0.29) is 0 Å². The molecule has 0 spiro atoms. The molecule has 1 atom stereocenters. The van der Waals surface area contributed by atoms with Crippen LogP contribution in [0.5, 0.6) is 0 Å².